The molecule has 28 valence electrons. The first kappa shape index (κ1) is 15.7. The van der Waals surface area contributed by atoms with Gasteiger partial charge >= 0.3 is 67.4 Å². The summed E-state index contributed by atoms with van der Waals surface area (Å²) in [6.45, 7) is 0. The Balaban J connectivity index is -0.00000000750. The quantitative estimate of drug-likeness (QED) is 0.253. The van der Waals surface area contributed by atoms with Gasteiger partial charge in [-0.3, -0.25) is 0 Å². The molecule has 0 rings (SSSR count). The Morgan fingerprint density at radius 2 is 1.33 bits per heavy atom. The summed E-state index contributed by atoms with van der Waals surface area (Å²) in [5, 5.41) is 0. The van der Waals surface area contributed by atoms with Gasteiger partial charge in [0.05, 0.1) is 0 Å². The minimum Gasteiger partial charge on any atom is -1.00 e. The van der Waals surface area contributed by atoms with Gasteiger partial charge in [-0.1, -0.05) is 0 Å². The first-order chi connectivity index (χ1) is 1.73. The second-order valence-corrected chi connectivity index (χ2v) is 0.758. The molecule has 0 saturated carbocycles. The van der Waals surface area contributed by atoms with E-state index in [9.17, 15) is 0 Å². The number of hydrogen-bond donors (Lipinski definition) is 2. The van der Waals surface area contributed by atoms with Crippen molar-refractivity contribution in [2.24, 2.45) is 0 Å². The summed E-state index contributed by atoms with van der Waals surface area (Å²) >= 11 is 0. The normalized spacial score (nSPS) is 4.33. The van der Waals surface area contributed by atoms with Crippen molar-refractivity contribution in [2.45, 2.75) is 0 Å². The summed E-state index contributed by atoms with van der Waals surface area (Å²) in [6, 6.07) is 0. The molecule has 6 heteroatoms. The van der Waals surface area contributed by atoms with Crippen molar-refractivity contribution in [3.05, 3.63) is 0 Å². The standard InChI is InChI=1S/2Na.HO3P.2H/c;;1-4(2)3;;/h;;(H-,1,2,3);;/q2*+1;;2*-1/p+1. The van der Waals surface area contributed by atoms with E-state index in [1.54, 1.807) is 0 Å². The zero-order chi connectivity index (χ0) is 3.58. The zero-order valence-corrected chi connectivity index (χ0v) is 8.64. The van der Waals surface area contributed by atoms with Gasteiger partial charge in [0, 0.05) is 4.57 Å². The number of hydrogen-bond acceptors (Lipinski definition) is 1. The fourth-order valence-corrected chi connectivity index (χ4v) is 0. The SMILES string of the molecule is O=[P+](O)O.[H-].[H-].[Na+].[Na+]. The largest absolute Gasteiger partial charge is 1.00 e. The topological polar surface area (TPSA) is 57.5 Å². The van der Waals surface area contributed by atoms with E-state index in [1.807, 2.05) is 0 Å². The van der Waals surface area contributed by atoms with Gasteiger partial charge < -0.3 is 2.85 Å². The van der Waals surface area contributed by atoms with Crippen LogP contribution in [0.25, 0.3) is 0 Å². The zero-order valence-electron chi connectivity index (χ0n) is 5.75. The molecule has 3 nitrogen and oxygen atoms in total. The molecule has 0 spiro atoms. The first-order valence-electron chi connectivity index (χ1n) is 0.583. The summed E-state index contributed by atoms with van der Waals surface area (Å²) in [5.74, 6) is 0. The van der Waals surface area contributed by atoms with Gasteiger partial charge in [-0.05, 0) is 0 Å². The second-order valence-electron chi connectivity index (χ2n) is 0.253. The molecule has 0 aromatic rings. The first-order valence-corrected chi connectivity index (χ1v) is 1.75. The predicted molar refractivity (Wildman–Crippen MR) is 14.3 cm³/mol. The van der Waals surface area contributed by atoms with E-state index in [2.05, 4.69) is 0 Å². The molecule has 0 radical (unpaired) electrons. The third kappa shape index (κ3) is 37.2. The van der Waals surface area contributed by atoms with E-state index < -0.39 is 8.25 Å². The number of rotatable bonds is 0. The maximum atomic E-state index is 8.70. The van der Waals surface area contributed by atoms with Crippen molar-refractivity contribution < 1.29 is 76.3 Å². The van der Waals surface area contributed by atoms with Crippen LogP contribution >= 0.6 is 8.25 Å². The molecule has 0 aliphatic carbocycles. The van der Waals surface area contributed by atoms with Crippen LogP contribution in [0, 0.1) is 0 Å². The molecular formula is H4Na2O3P+. The molecule has 0 bridgehead atoms. The van der Waals surface area contributed by atoms with Crippen molar-refractivity contribution in [3.8, 4) is 0 Å². The smallest absolute Gasteiger partial charge is 1.00 e. The molecule has 0 aliphatic heterocycles. The summed E-state index contributed by atoms with van der Waals surface area (Å²) in [6.07, 6.45) is 0. The summed E-state index contributed by atoms with van der Waals surface area (Å²) in [4.78, 5) is 14.2. The molecule has 0 unspecified atom stereocenters. The van der Waals surface area contributed by atoms with Crippen molar-refractivity contribution in [1.29, 1.82) is 0 Å². The fourth-order valence-electron chi connectivity index (χ4n) is 0. The Kier molecular flexibility index (Phi) is 26.4. The van der Waals surface area contributed by atoms with E-state index in [1.165, 1.54) is 0 Å². The Morgan fingerprint density at radius 3 is 1.33 bits per heavy atom. The predicted octanol–water partition coefficient (Wildman–Crippen LogP) is -6.14. The van der Waals surface area contributed by atoms with E-state index in [-0.39, 0.29) is 62.0 Å². The van der Waals surface area contributed by atoms with E-state index in [0.717, 1.165) is 0 Å². The van der Waals surface area contributed by atoms with Gasteiger partial charge in [0.15, 0.2) is 0 Å². The second kappa shape index (κ2) is 10.1. The van der Waals surface area contributed by atoms with Crippen LogP contribution in [0.5, 0.6) is 0 Å². The third-order valence-corrected chi connectivity index (χ3v) is 0. The molecule has 0 aromatic carbocycles. The van der Waals surface area contributed by atoms with Gasteiger partial charge in [0.2, 0.25) is 0 Å². The summed E-state index contributed by atoms with van der Waals surface area (Å²) in [5.41, 5.74) is 0. The molecule has 0 heterocycles. The van der Waals surface area contributed by atoms with E-state index in [4.69, 9.17) is 14.4 Å². The maximum absolute atomic E-state index is 8.70. The van der Waals surface area contributed by atoms with Gasteiger partial charge in [-0.15, -0.1) is 9.79 Å². The maximum Gasteiger partial charge on any atom is 1.00 e. The van der Waals surface area contributed by atoms with Gasteiger partial charge in [-0.25, -0.2) is 0 Å². The molecule has 0 aliphatic rings. The van der Waals surface area contributed by atoms with E-state index in [0.29, 0.717) is 0 Å². The average Bonchev–Trinajstić information content (AvgIpc) is 0.811. The molecule has 2 N–H and O–H groups in total. The van der Waals surface area contributed by atoms with E-state index >= 15 is 0 Å². The van der Waals surface area contributed by atoms with Gasteiger partial charge in [-0.2, -0.15) is 0 Å². The minimum absolute atomic E-state index is 0. The van der Waals surface area contributed by atoms with Crippen LogP contribution in [0.1, 0.15) is 2.85 Å². The van der Waals surface area contributed by atoms with Crippen molar-refractivity contribution >= 4 is 8.25 Å². The van der Waals surface area contributed by atoms with Gasteiger partial charge in [0.25, 0.3) is 0 Å². The van der Waals surface area contributed by atoms with Crippen LogP contribution in [-0.2, 0) is 4.57 Å². The van der Waals surface area contributed by atoms with Crippen LogP contribution in [0.15, 0.2) is 0 Å². The monoisotopic (exact) mass is 129 g/mol. The molecule has 0 saturated heterocycles. The summed E-state index contributed by atoms with van der Waals surface area (Å²) < 4.78 is 8.70. The Labute approximate surface area is 83.6 Å². The molecule has 0 aromatic heterocycles. The summed E-state index contributed by atoms with van der Waals surface area (Å²) in [7, 11) is -2.87. The van der Waals surface area contributed by atoms with Crippen LogP contribution < -0.4 is 59.1 Å². The van der Waals surface area contributed by atoms with Gasteiger partial charge in [0.1, 0.15) is 0 Å². The third-order valence-electron chi connectivity index (χ3n) is 0. The molecule has 0 atom stereocenters. The average molecular weight is 129 g/mol. The Bertz CT molecular complexity index is 38.3. The minimum atomic E-state index is -2.87. The van der Waals surface area contributed by atoms with Crippen molar-refractivity contribution in [2.75, 3.05) is 0 Å². The molecular weight excluding hydrogens is 125 g/mol. The fraction of sp³-hybridized carbons (Fsp3) is 0. The Morgan fingerprint density at radius 1 is 1.33 bits per heavy atom. The van der Waals surface area contributed by atoms with Crippen molar-refractivity contribution in [1.82, 2.24) is 0 Å². The molecule has 0 fully saturated rings. The Hall–Kier alpha value is 2.02. The van der Waals surface area contributed by atoms with Crippen molar-refractivity contribution in [3.63, 3.8) is 0 Å². The molecule has 6 heavy (non-hydrogen) atoms. The van der Waals surface area contributed by atoms with Crippen LogP contribution in [0.3, 0.4) is 0 Å². The van der Waals surface area contributed by atoms with Crippen LogP contribution in [0.4, 0.5) is 0 Å². The van der Waals surface area contributed by atoms with Crippen LogP contribution in [0.2, 0.25) is 0 Å². The molecule has 0 amide bonds. The van der Waals surface area contributed by atoms with Crippen LogP contribution in [-0.4, -0.2) is 9.79 Å².